The Morgan fingerprint density at radius 2 is 1.67 bits per heavy atom. The maximum absolute atomic E-state index is 12.6. The quantitative estimate of drug-likeness (QED) is 0.827. The van der Waals surface area contributed by atoms with Gasteiger partial charge in [0.1, 0.15) is 6.54 Å². The maximum Gasteiger partial charge on any atom is 0.254 e. The Hall–Kier alpha value is -2.63. The van der Waals surface area contributed by atoms with Crippen LogP contribution in [-0.2, 0) is 16.1 Å². The van der Waals surface area contributed by atoms with Gasteiger partial charge >= 0.3 is 0 Å². The van der Waals surface area contributed by atoms with Gasteiger partial charge < -0.3 is 9.80 Å². The number of carbonyl (C=O) groups is 2. The van der Waals surface area contributed by atoms with Crippen molar-refractivity contribution in [3.05, 3.63) is 46.2 Å². The third-order valence-electron chi connectivity index (χ3n) is 4.55. The molecule has 1 aromatic heterocycles. The minimum Gasteiger partial charge on any atom is -0.339 e. The Morgan fingerprint density at radius 3 is 2.33 bits per heavy atom. The Labute approximate surface area is 140 Å². The molecule has 0 aliphatic carbocycles. The van der Waals surface area contributed by atoms with E-state index in [4.69, 9.17) is 0 Å². The summed E-state index contributed by atoms with van der Waals surface area (Å²) >= 11 is 0. The monoisotopic (exact) mass is 327 g/mol. The second-order valence-electron chi connectivity index (χ2n) is 6.16. The molecule has 1 fully saturated rings. The van der Waals surface area contributed by atoms with Gasteiger partial charge in [0.05, 0.1) is 5.52 Å². The van der Waals surface area contributed by atoms with Crippen molar-refractivity contribution < 1.29 is 9.59 Å². The largest absolute Gasteiger partial charge is 0.339 e. The average Bonchev–Trinajstić information content (AvgIpc) is 2.58. The molecule has 1 aromatic carbocycles. The molecule has 0 bridgehead atoms. The molecule has 3 rings (SSSR count). The summed E-state index contributed by atoms with van der Waals surface area (Å²) < 4.78 is 1.55. The molecule has 126 valence electrons. The average molecular weight is 327 g/mol. The second kappa shape index (κ2) is 6.47. The van der Waals surface area contributed by atoms with E-state index in [1.54, 1.807) is 21.3 Å². The number of amides is 2. The SMILES string of the molecule is CC(=O)N1CCN(C(=O)Cn2c(=O)c(C)cc3ccccc32)CC1. The van der Waals surface area contributed by atoms with E-state index in [1.165, 1.54) is 6.92 Å². The van der Waals surface area contributed by atoms with Crippen molar-refractivity contribution in [3.63, 3.8) is 0 Å². The fraction of sp³-hybridized carbons (Fsp3) is 0.389. The zero-order valence-corrected chi connectivity index (χ0v) is 14.0. The standard InChI is InChI=1S/C18H21N3O3/c1-13-11-15-5-3-4-6-16(15)21(18(13)24)12-17(23)20-9-7-19(8-10-20)14(2)22/h3-6,11H,7-10,12H2,1-2H3. The van der Waals surface area contributed by atoms with Crippen molar-refractivity contribution in [2.45, 2.75) is 20.4 Å². The predicted molar refractivity (Wildman–Crippen MR) is 91.8 cm³/mol. The number of fused-ring (bicyclic) bond motifs is 1. The van der Waals surface area contributed by atoms with Crippen LogP contribution in [0.15, 0.2) is 35.1 Å². The highest BCUT2D eigenvalue weighted by Crippen LogP contribution is 2.13. The maximum atomic E-state index is 12.6. The normalized spacial score (nSPS) is 14.9. The molecule has 2 heterocycles. The molecule has 6 heteroatoms. The molecule has 1 saturated heterocycles. The summed E-state index contributed by atoms with van der Waals surface area (Å²) in [7, 11) is 0. The van der Waals surface area contributed by atoms with Crippen LogP contribution in [0, 0.1) is 6.92 Å². The number of benzene rings is 1. The van der Waals surface area contributed by atoms with Crippen LogP contribution >= 0.6 is 0 Å². The van der Waals surface area contributed by atoms with E-state index in [0.717, 1.165) is 10.9 Å². The van der Waals surface area contributed by atoms with Crippen molar-refractivity contribution in [1.29, 1.82) is 0 Å². The number of pyridine rings is 1. The highest BCUT2D eigenvalue weighted by Gasteiger charge is 2.23. The number of carbonyl (C=O) groups excluding carboxylic acids is 2. The van der Waals surface area contributed by atoms with Crippen molar-refractivity contribution in [2.24, 2.45) is 0 Å². The molecule has 0 saturated carbocycles. The molecule has 1 aliphatic heterocycles. The fourth-order valence-corrected chi connectivity index (χ4v) is 3.14. The highest BCUT2D eigenvalue weighted by atomic mass is 16.2. The fourth-order valence-electron chi connectivity index (χ4n) is 3.14. The van der Waals surface area contributed by atoms with Gasteiger partial charge in [-0.2, -0.15) is 0 Å². The number of aromatic nitrogens is 1. The lowest BCUT2D eigenvalue weighted by Gasteiger charge is -2.34. The Morgan fingerprint density at radius 1 is 1.04 bits per heavy atom. The van der Waals surface area contributed by atoms with E-state index in [9.17, 15) is 14.4 Å². The number of para-hydroxylation sites is 1. The van der Waals surface area contributed by atoms with Gasteiger partial charge in [0.25, 0.3) is 5.56 Å². The van der Waals surface area contributed by atoms with Crippen molar-refractivity contribution >= 4 is 22.7 Å². The summed E-state index contributed by atoms with van der Waals surface area (Å²) in [4.78, 5) is 39.9. The van der Waals surface area contributed by atoms with Gasteiger partial charge in [-0.05, 0) is 24.4 Å². The Bertz CT molecular complexity index is 848. The number of hydrogen-bond acceptors (Lipinski definition) is 3. The highest BCUT2D eigenvalue weighted by molar-refractivity contribution is 5.83. The number of aryl methyl sites for hydroxylation is 1. The molecule has 1 aliphatic rings. The number of nitrogens with zero attached hydrogens (tertiary/aromatic N) is 3. The molecule has 24 heavy (non-hydrogen) atoms. The van der Waals surface area contributed by atoms with E-state index in [2.05, 4.69) is 0 Å². The van der Waals surface area contributed by atoms with E-state index in [-0.39, 0.29) is 23.9 Å². The molecular weight excluding hydrogens is 306 g/mol. The second-order valence-corrected chi connectivity index (χ2v) is 6.16. The molecule has 0 N–H and O–H groups in total. The van der Waals surface area contributed by atoms with Crippen LogP contribution in [0.3, 0.4) is 0 Å². The lowest BCUT2D eigenvalue weighted by Crippen LogP contribution is -2.51. The minimum absolute atomic E-state index is 0.0289. The summed E-state index contributed by atoms with van der Waals surface area (Å²) in [5, 5.41) is 0.948. The van der Waals surface area contributed by atoms with Crippen molar-refractivity contribution in [1.82, 2.24) is 14.4 Å². The molecule has 2 amide bonds. The zero-order valence-electron chi connectivity index (χ0n) is 14.0. The van der Waals surface area contributed by atoms with E-state index in [1.807, 2.05) is 30.3 Å². The first-order valence-corrected chi connectivity index (χ1v) is 8.10. The Kier molecular flexibility index (Phi) is 4.38. The van der Waals surface area contributed by atoms with Gasteiger partial charge in [-0.25, -0.2) is 0 Å². The van der Waals surface area contributed by atoms with Crippen LogP contribution in [-0.4, -0.2) is 52.4 Å². The molecular formula is C18H21N3O3. The van der Waals surface area contributed by atoms with Gasteiger partial charge in [0, 0.05) is 38.7 Å². The lowest BCUT2D eigenvalue weighted by atomic mass is 10.1. The third kappa shape index (κ3) is 3.04. The van der Waals surface area contributed by atoms with Crippen molar-refractivity contribution in [3.8, 4) is 0 Å². The molecule has 0 radical (unpaired) electrons. The first-order chi connectivity index (χ1) is 11.5. The van der Waals surface area contributed by atoms with Crippen LogP contribution in [0.25, 0.3) is 10.9 Å². The molecule has 0 unspecified atom stereocenters. The number of rotatable bonds is 2. The molecule has 6 nitrogen and oxygen atoms in total. The van der Waals surface area contributed by atoms with Crippen LogP contribution < -0.4 is 5.56 Å². The number of piperazine rings is 1. The molecule has 0 atom stereocenters. The van der Waals surface area contributed by atoms with E-state index in [0.29, 0.717) is 31.7 Å². The third-order valence-corrected chi connectivity index (χ3v) is 4.55. The first-order valence-electron chi connectivity index (χ1n) is 8.10. The first kappa shape index (κ1) is 16.2. The van der Waals surface area contributed by atoms with E-state index >= 15 is 0 Å². The zero-order chi connectivity index (χ0) is 17.3. The number of hydrogen-bond donors (Lipinski definition) is 0. The van der Waals surface area contributed by atoms with Gasteiger partial charge in [-0.1, -0.05) is 18.2 Å². The topological polar surface area (TPSA) is 62.6 Å². The van der Waals surface area contributed by atoms with Gasteiger partial charge in [0.15, 0.2) is 0 Å². The van der Waals surface area contributed by atoms with Crippen LogP contribution in [0.5, 0.6) is 0 Å². The van der Waals surface area contributed by atoms with Crippen LogP contribution in [0.1, 0.15) is 12.5 Å². The summed E-state index contributed by atoms with van der Waals surface area (Å²) in [5.74, 6) is -0.0564. The summed E-state index contributed by atoms with van der Waals surface area (Å²) in [6.45, 7) is 5.45. The van der Waals surface area contributed by atoms with Gasteiger partial charge in [-0.3, -0.25) is 19.0 Å². The Balaban J connectivity index is 1.83. The smallest absolute Gasteiger partial charge is 0.254 e. The summed E-state index contributed by atoms with van der Waals surface area (Å²) in [6, 6.07) is 9.43. The molecule has 2 aromatic rings. The van der Waals surface area contributed by atoms with Gasteiger partial charge in [-0.15, -0.1) is 0 Å². The van der Waals surface area contributed by atoms with Gasteiger partial charge in [0.2, 0.25) is 11.8 Å². The summed E-state index contributed by atoms with van der Waals surface area (Å²) in [5.41, 5.74) is 1.26. The van der Waals surface area contributed by atoms with E-state index < -0.39 is 0 Å². The predicted octanol–water partition coefficient (Wildman–Crippen LogP) is 1.00. The minimum atomic E-state index is -0.135. The molecule has 0 spiro atoms. The summed E-state index contributed by atoms with van der Waals surface area (Å²) in [6.07, 6.45) is 0. The lowest BCUT2D eigenvalue weighted by molar-refractivity contribution is -0.138. The van der Waals surface area contributed by atoms with Crippen molar-refractivity contribution in [2.75, 3.05) is 26.2 Å². The van der Waals surface area contributed by atoms with Crippen LogP contribution in [0.4, 0.5) is 0 Å². The van der Waals surface area contributed by atoms with Crippen LogP contribution in [0.2, 0.25) is 0 Å².